The van der Waals surface area contributed by atoms with Gasteiger partial charge in [0.1, 0.15) is 10.1 Å². The van der Waals surface area contributed by atoms with Gasteiger partial charge in [-0.3, -0.25) is 9.69 Å². The summed E-state index contributed by atoms with van der Waals surface area (Å²) in [7, 11) is 0. The summed E-state index contributed by atoms with van der Waals surface area (Å²) < 4.78 is 12.0. The van der Waals surface area contributed by atoms with Crippen LogP contribution in [0.5, 0.6) is 5.75 Å². The number of benzene rings is 1. The third-order valence-corrected chi connectivity index (χ3v) is 5.33. The first kappa shape index (κ1) is 17.5. The van der Waals surface area contributed by atoms with E-state index in [1.54, 1.807) is 4.90 Å². The monoisotopic (exact) mass is 363 g/mol. The summed E-state index contributed by atoms with van der Waals surface area (Å²) in [6.07, 6.45) is 4.96. The molecule has 0 radical (unpaired) electrons. The molecule has 0 aromatic heterocycles. The molecule has 0 spiro atoms. The standard InChI is InChI=1S/C18H21NO3S2/c1-2-9-22-15-8-4-3-6-13(15)11-16-17(20)19(18(23)24-16)12-14-7-5-10-21-14/h3-4,6,8,11,14H,2,5,7,9-10,12H2,1H3/b16-11-/t14-/m0/s1. The fourth-order valence-electron chi connectivity index (χ4n) is 2.73. The Bertz CT molecular complexity index is 653. The van der Waals surface area contributed by atoms with Gasteiger partial charge in [-0.15, -0.1) is 0 Å². The number of rotatable bonds is 6. The zero-order chi connectivity index (χ0) is 16.9. The summed E-state index contributed by atoms with van der Waals surface area (Å²) in [6.45, 7) is 4.05. The third-order valence-electron chi connectivity index (χ3n) is 3.95. The third kappa shape index (κ3) is 3.99. The number of thiocarbonyl (C=S) groups is 1. The quantitative estimate of drug-likeness (QED) is 0.567. The zero-order valence-corrected chi connectivity index (χ0v) is 15.3. The molecule has 128 valence electrons. The molecule has 4 nitrogen and oxygen atoms in total. The molecule has 1 aromatic rings. The number of hydrogen-bond acceptors (Lipinski definition) is 5. The van der Waals surface area contributed by atoms with Gasteiger partial charge in [0, 0.05) is 12.2 Å². The van der Waals surface area contributed by atoms with E-state index in [4.69, 9.17) is 21.7 Å². The van der Waals surface area contributed by atoms with Gasteiger partial charge in [0.2, 0.25) is 0 Å². The summed E-state index contributed by atoms with van der Waals surface area (Å²) in [6, 6.07) is 7.76. The lowest BCUT2D eigenvalue weighted by Crippen LogP contribution is -2.35. The van der Waals surface area contributed by atoms with Crippen molar-refractivity contribution in [3.8, 4) is 5.75 Å². The van der Waals surface area contributed by atoms with Crippen LogP contribution >= 0.6 is 24.0 Å². The van der Waals surface area contributed by atoms with E-state index < -0.39 is 0 Å². The number of nitrogens with zero attached hydrogens (tertiary/aromatic N) is 1. The number of ether oxygens (including phenoxy) is 2. The van der Waals surface area contributed by atoms with Crippen molar-refractivity contribution >= 4 is 40.3 Å². The van der Waals surface area contributed by atoms with E-state index in [0.29, 0.717) is 22.4 Å². The van der Waals surface area contributed by atoms with Gasteiger partial charge in [-0.2, -0.15) is 0 Å². The fourth-order valence-corrected chi connectivity index (χ4v) is 4.00. The molecular formula is C18H21NO3S2. The van der Waals surface area contributed by atoms with Crippen molar-refractivity contribution in [3.05, 3.63) is 34.7 Å². The summed E-state index contributed by atoms with van der Waals surface area (Å²) in [5.74, 6) is 0.759. The van der Waals surface area contributed by atoms with Crippen LogP contribution in [0.4, 0.5) is 0 Å². The highest BCUT2D eigenvalue weighted by Crippen LogP contribution is 2.35. The van der Waals surface area contributed by atoms with Crippen molar-refractivity contribution in [1.82, 2.24) is 4.90 Å². The maximum atomic E-state index is 12.7. The first-order chi connectivity index (χ1) is 11.7. The lowest BCUT2D eigenvalue weighted by molar-refractivity contribution is -0.123. The average molecular weight is 364 g/mol. The molecule has 0 N–H and O–H groups in total. The molecule has 1 aromatic carbocycles. The lowest BCUT2D eigenvalue weighted by Gasteiger charge is -2.18. The van der Waals surface area contributed by atoms with Crippen LogP contribution in [0.1, 0.15) is 31.7 Å². The summed E-state index contributed by atoms with van der Waals surface area (Å²) in [5.41, 5.74) is 0.906. The fraction of sp³-hybridized carbons (Fsp3) is 0.444. The SMILES string of the molecule is CCCOc1ccccc1/C=C1\SC(=S)N(C[C@@H]2CCCO2)C1=O. The second-order valence-corrected chi connectivity index (χ2v) is 7.49. The van der Waals surface area contributed by atoms with Crippen LogP contribution in [-0.2, 0) is 9.53 Å². The van der Waals surface area contributed by atoms with Gasteiger partial charge in [-0.25, -0.2) is 0 Å². The Balaban J connectivity index is 1.76. The predicted molar refractivity (Wildman–Crippen MR) is 101 cm³/mol. The number of amides is 1. The molecule has 2 aliphatic rings. The Labute approximate surface area is 152 Å². The Morgan fingerprint density at radius 1 is 1.46 bits per heavy atom. The first-order valence-corrected chi connectivity index (χ1v) is 9.50. The minimum absolute atomic E-state index is 0.0363. The molecular weight excluding hydrogens is 342 g/mol. The van der Waals surface area contributed by atoms with Crippen LogP contribution < -0.4 is 4.74 Å². The maximum Gasteiger partial charge on any atom is 0.266 e. The maximum absolute atomic E-state index is 12.7. The average Bonchev–Trinajstić information content (AvgIpc) is 3.18. The first-order valence-electron chi connectivity index (χ1n) is 8.28. The molecule has 0 saturated carbocycles. The van der Waals surface area contributed by atoms with Gasteiger partial charge in [0.25, 0.3) is 5.91 Å². The van der Waals surface area contributed by atoms with Crippen LogP contribution in [0.3, 0.4) is 0 Å². The van der Waals surface area contributed by atoms with Crippen molar-refractivity contribution in [1.29, 1.82) is 0 Å². The van der Waals surface area contributed by atoms with Gasteiger partial charge in [-0.05, 0) is 31.4 Å². The van der Waals surface area contributed by atoms with Crippen LogP contribution in [0.15, 0.2) is 29.2 Å². The van der Waals surface area contributed by atoms with E-state index in [1.807, 2.05) is 30.3 Å². The molecule has 24 heavy (non-hydrogen) atoms. The molecule has 0 unspecified atom stereocenters. The van der Waals surface area contributed by atoms with E-state index in [2.05, 4.69) is 6.92 Å². The topological polar surface area (TPSA) is 38.8 Å². The van der Waals surface area contributed by atoms with Crippen molar-refractivity contribution in [2.24, 2.45) is 0 Å². The van der Waals surface area contributed by atoms with Crippen molar-refractivity contribution in [2.75, 3.05) is 19.8 Å². The Morgan fingerprint density at radius 2 is 2.29 bits per heavy atom. The van der Waals surface area contributed by atoms with Crippen LogP contribution in [0, 0.1) is 0 Å². The van der Waals surface area contributed by atoms with E-state index >= 15 is 0 Å². The number of hydrogen-bond donors (Lipinski definition) is 0. The zero-order valence-electron chi connectivity index (χ0n) is 13.7. The number of thioether (sulfide) groups is 1. The predicted octanol–water partition coefficient (Wildman–Crippen LogP) is 3.86. The van der Waals surface area contributed by atoms with Crippen molar-refractivity contribution in [3.63, 3.8) is 0 Å². The van der Waals surface area contributed by atoms with E-state index in [9.17, 15) is 4.79 Å². The molecule has 2 heterocycles. The second-order valence-electron chi connectivity index (χ2n) is 5.81. The summed E-state index contributed by atoms with van der Waals surface area (Å²) in [5, 5.41) is 0. The molecule has 0 bridgehead atoms. The molecule has 1 atom stereocenters. The van der Waals surface area contributed by atoms with Gasteiger partial charge < -0.3 is 9.47 Å². The van der Waals surface area contributed by atoms with E-state index in [0.717, 1.165) is 37.2 Å². The molecule has 0 aliphatic carbocycles. The van der Waals surface area contributed by atoms with E-state index in [1.165, 1.54) is 11.8 Å². The highest BCUT2D eigenvalue weighted by molar-refractivity contribution is 8.26. The van der Waals surface area contributed by atoms with Gasteiger partial charge in [0.05, 0.1) is 24.2 Å². The van der Waals surface area contributed by atoms with Crippen molar-refractivity contribution < 1.29 is 14.3 Å². The highest BCUT2D eigenvalue weighted by atomic mass is 32.2. The Morgan fingerprint density at radius 3 is 3.04 bits per heavy atom. The normalized spacial score (nSPS) is 22.6. The number of carbonyl (C=O) groups excluding carboxylic acids is 1. The molecule has 2 saturated heterocycles. The van der Waals surface area contributed by atoms with Crippen molar-refractivity contribution in [2.45, 2.75) is 32.3 Å². The largest absolute Gasteiger partial charge is 0.493 e. The lowest BCUT2D eigenvalue weighted by atomic mass is 10.2. The summed E-state index contributed by atoms with van der Waals surface area (Å²) in [4.78, 5) is 15.0. The Kier molecular flexibility index (Phi) is 5.92. The second kappa shape index (κ2) is 8.14. The Hall–Kier alpha value is -1.37. The highest BCUT2D eigenvalue weighted by Gasteiger charge is 2.34. The molecule has 2 aliphatic heterocycles. The van der Waals surface area contributed by atoms with Gasteiger partial charge >= 0.3 is 0 Å². The minimum Gasteiger partial charge on any atom is -0.493 e. The van der Waals surface area contributed by atoms with Crippen LogP contribution in [0.2, 0.25) is 0 Å². The van der Waals surface area contributed by atoms with Gasteiger partial charge in [-0.1, -0.05) is 49.1 Å². The smallest absolute Gasteiger partial charge is 0.266 e. The summed E-state index contributed by atoms with van der Waals surface area (Å²) >= 11 is 6.74. The molecule has 2 fully saturated rings. The van der Waals surface area contributed by atoms with E-state index in [-0.39, 0.29) is 12.0 Å². The van der Waals surface area contributed by atoms with Crippen LogP contribution in [-0.4, -0.2) is 41.0 Å². The number of carbonyl (C=O) groups is 1. The van der Waals surface area contributed by atoms with Crippen LogP contribution in [0.25, 0.3) is 6.08 Å². The molecule has 1 amide bonds. The number of para-hydroxylation sites is 1. The van der Waals surface area contributed by atoms with Gasteiger partial charge in [0.15, 0.2) is 0 Å². The minimum atomic E-state index is -0.0363. The molecule has 6 heteroatoms. The molecule has 3 rings (SSSR count).